The van der Waals surface area contributed by atoms with Crippen molar-refractivity contribution in [3.8, 4) is 0 Å². The second-order valence-corrected chi connectivity index (χ2v) is 9.77. The van der Waals surface area contributed by atoms with Crippen LogP contribution in [0.3, 0.4) is 0 Å². The molecule has 0 radical (unpaired) electrons. The van der Waals surface area contributed by atoms with E-state index < -0.39 is 20.2 Å². The highest BCUT2D eigenvalue weighted by molar-refractivity contribution is 7.91. The van der Waals surface area contributed by atoms with E-state index in [1.807, 2.05) is 31.2 Å². The minimum absolute atomic E-state index is 0.0110. The lowest BCUT2D eigenvalue weighted by molar-refractivity contribution is -0.121. The molecule has 2 aromatic carbocycles. The van der Waals surface area contributed by atoms with Gasteiger partial charge < -0.3 is 9.88 Å². The minimum atomic E-state index is -4.08. The van der Waals surface area contributed by atoms with Crippen molar-refractivity contribution in [3.63, 3.8) is 0 Å². The summed E-state index contributed by atoms with van der Waals surface area (Å²) in [6.07, 6.45) is 1.21. The molecule has 0 saturated carbocycles. The fourth-order valence-electron chi connectivity index (χ4n) is 3.49. The minimum Gasteiger partial charge on any atom is -0.350 e. The van der Waals surface area contributed by atoms with Gasteiger partial charge in [0.1, 0.15) is 17.1 Å². The highest BCUT2D eigenvalue weighted by Gasteiger charge is 2.24. The molecule has 0 bridgehead atoms. The fraction of sp³-hybridized carbons (Fsp3) is 0.160. The van der Waals surface area contributed by atoms with Gasteiger partial charge in [-0.1, -0.05) is 48.0 Å². The van der Waals surface area contributed by atoms with Crippen molar-refractivity contribution in [3.05, 3.63) is 100.0 Å². The monoisotopic (exact) mass is 461 g/mol. The number of nitrogens with one attached hydrogen (secondary N) is 1. The van der Waals surface area contributed by atoms with Gasteiger partial charge >= 0.3 is 0 Å². The fourth-order valence-corrected chi connectivity index (χ4v) is 4.88. The van der Waals surface area contributed by atoms with Crippen LogP contribution < -0.4 is 10.7 Å². The van der Waals surface area contributed by atoms with Crippen LogP contribution in [0.25, 0.3) is 11.0 Å². The Labute approximate surface area is 191 Å². The van der Waals surface area contributed by atoms with E-state index >= 15 is 0 Å². The van der Waals surface area contributed by atoms with Crippen LogP contribution in [0.2, 0.25) is 0 Å². The summed E-state index contributed by atoms with van der Waals surface area (Å²) in [6, 6.07) is 18.7. The molecule has 0 unspecified atom stereocenters. The third-order valence-corrected chi connectivity index (χ3v) is 7.06. The molecule has 0 spiro atoms. The molecule has 1 N–H and O–H groups in total. The lowest BCUT2D eigenvalue weighted by Gasteiger charge is -2.14. The Bertz CT molecular complexity index is 1490. The van der Waals surface area contributed by atoms with Gasteiger partial charge in [0.15, 0.2) is 0 Å². The number of sulfone groups is 1. The highest BCUT2D eigenvalue weighted by Crippen LogP contribution is 2.20. The molecule has 4 aromatic rings. The van der Waals surface area contributed by atoms with Crippen LogP contribution in [-0.4, -0.2) is 23.9 Å². The van der Waals surface area contributed by atoms with Crippen LogP contribution in [0.15, 0.2) is 87.5 Å². The summed E-state index contributed by atoms with van der Waals surface area (Å²) in [7, 11) is -4.08. The van der Waals surface area contributed by atoms with Crippen molar-refractivity contribution >= 4 is 26.8 Å². The summed E-state index contributed by atoms with van der Waals surface area (Å²) in [5.74, 6) is -0.327. The lowest BCUT2D eigenvalue weighted by atomic mass is 10.1. The predicted molar refractivity (Wildman–Crippen MR) is 126 cm³/mol. The normalized spacial score (nSPS) is 11.5. The van der Waals surface area contributed by atoms with Crippen molar-refractivity contribution in [1.82, 2.24) is 14.9 Å². The van der Waals surface area contributed by atoms with E-state index in [0.29, 0.717) is 12.2 Å². The molecular formula is C25H23N3O4S. The average Bonchev–Trinajstić information content (AvgIpc) is 2.81. The maximum atomic E-state index is 13.2. The summed E-state index contributed by atoms with van der Waals surface area (Å²) < 4.78 is 27.8. The number of carbonyl (C=O) groups excluding carboxylic acids is 1. The molecule has 0 fully saturated rings. The van der Waals surface area contributed by atoms with Crippen LogP contribution in [-0.2, 0) is 27.7 Å². The van der Waals surface area contributed by atoms with Crippen molar-refractivity contribution in [2.45, 2.75) is 36.7 Å². The SMILES string of the molecule is Cc1ccc(CNC(=O)Cn2cc(S(=O)(=O)c3ccccc3)c(=O)c3ccc(C)nc32)cc1. The van der Waals surface area contributed by atoms with Crippen LogP contribution in [0.5, 0.6) is 0 Å². The largest absolute Gasteiger partial charge is 0.350 e. The molecule has 0 aliphatic rings. The molecule has 168 valence electrons. The molecule has 0 aliphatic heterocycles. The molecule has 2 heterocycles. The zero-order valence-corrected chi connectivity index (χ0v) is 19.1. The number of hydrogen-bond acceptors (Lipinski definition) is 5. The summed E-state index contributed by atoms with van der Waals surface area (Å²) in [6.45, 7) is 3.90. The van der Waals surface area contributed by atoms with Gasteiger partial charge in [-0.3, -0.25) is 9.59 Å². The molecule has 4 rings (SSSR count). The molecule has 8 heteroatoms. The second-order valence-electron chi connectivity index (χ2n) is 7.85. The van der Waals surface area contributed by atoms with Crippen molar-refractivity contribution in [1.29, 1.82) is 0 Å². The quantitative estimate of drug-likeness (QED) is 0.476. The van der Waals surface area contributed by atoms with E-state index in [0.717, 1.165) is 11.1 Å². The first kappa shape index (κ1) is 22.4. The Kier molecular flexibility index (Phi) is 6.11. The molecular weight excluding hydrogens is 438 g/mol. The number of benzene rings is 2. The van der Waals surface area contributed by atoms with Crippen molar-refractivity contribution < 1.29 is 13.2 Å². The summed E-state index contributed by atoms with van der Waals surface area (Å²) in [5.41, 5.74) is 2.34. The number of fused-ring (bicyclic) bond motifs is 1. The topological polar surface area (TPSA) is 98.1 Å². The lowest BCUT2D eigenvalue weighted by Crippen LogP contribution is -2.29. The first-order valence-corrected chi connectivity index (χ1v) is 11.9. The molecule has 0 atom stereocenters. The molecule has 1 amide bonds. The van der Waals surface area contributed by atoms with E-state index in [1.54, 1.807) is 37.3 Å². The van der Waals surface area contributed by atoms with Gasteiger partial charge in [0.2, 0.25) is 21.2 Å². The highest BCUT2D eigenvalue weighted by atomic mass is 32.2. The van der Waals surface area contributed by atoms with E-state index in [4.69, 9.17) is 0 Å². The van der Waals surface area contributed by atoms with E-state index in [1.165, 1.54) is 22.9 Å². The third kappa shape index (κ3) is 4.70. The van der Waals surface area contributed by atoms with Crippen molar-refractivity contribution in [2.75, 3.05) is 0 Å². The van der Waals surface area contributed by atoms with Crippen LogP contribution in [0.1, 0.15) is 16.8 Å². The maximum absolute atomic E-state index is 13.2. The number of aromatic nitrogens is 2. The number of rotatable bonds is 6. The zero-order valence-electron chi connectivity index (χ0n) is 18.3. The number of pyridine rings is 2. The number of hydrogen-bond donors (Lipinski definition) is 1. The zero-order chi connectivity index (χ0) is 23.6. The molecule has 7 nitrogen and oxygen atoms in total. The van der Waals surface area contributed by atoms with Gasteiger partial charge in [-0.05, 0) is 43.7 Å². The van der Waals surface area contributed by atoms with Gasteiger partial charge in [-0.15, -0.1) is 0 Å². The van der Waals surface area contributed by atoms with Crippen molar-refractivity contribution in [2.24, 2.45) is 0 Å². The van der Waals surface area contributed by atoms with E-state index in [9.17, 15) is 18.0 Å². The molecule has 0 saturated heterocycles. The van der Waals surface area contributed by atoms with Gasteiger partial charge in [0.25, 0.3) is 0 Å². The van der Waals surface area contributed by atoms with Gasteiger partial charge in [0, 0.05) is 18.4 Å². The number of amides is 1. The van der Waals surface area contributed by atoms with Crippen LogP contribution in [0.4, 0.5) is 0 Å². The number of aryl methyl sites for hydroxylation is 2. The summed E-state index contributed by atoms with van der Waals surface area (Å²) in [5, 5.41) is 2.98. The van der Waals surface area contributed by atoms with E-state index in [2.05, 4.69) is 10.3 Å². The smallest absolute Gasteiger partial charge is 0.240 e. The Morgan fingerprint density at radius 2 is 1.67 bits per heavy atom. The molecule has 0 aliphatic carbocycles. The summed E-state index contributed by atoms with van der Waals surface area (Å²) >= 11 is 0. The number of carbonyl (C=O) groups is 1. The Morgan fingerprint density at radius 3 is 2.36 bits per heavy atom. The predicted octanol–water partition coefficient (Wildman–Crippen LogP) is 3.16. The molecule has 33 heavy (non-hydrogen) atoms. The number of nitrogens with zero attached hydrogens (tertiary/aromatic N) is 2. The first-order valence-electron chi connectivity index (χ1n) is 10.4. The first-order chi connectivity index (χ1) is 15.8. The van der Waals surface area contributed by atoms with Crippen LogP contribution in [0, 0.1) is 13.8 Å². The Balaban J connectivity index is 1.73. The second kappa shape index (κ2) is 8.99. The van der Waals surface area contributed by atoms with Crippen LogP contribution >= 0.6 is 0 Å². The van der Waals surface area contributed by atoms with Gasteiger partial charge in [0.05, 0.1) is 10.3 Å². The Hall–Kier alpha value is -3.78. The Morgan fingerprint density at radius 1 is 0.970 bits per heavy atom. The standard InChI is InChI=1S/C25H23N3O4S/c1-17-8-11-19(12-9-17)14-26-23(29)16-28-15-22(33(31,32)20-6-4-3-5-7-20)24(30)21-13-10-18(2)27-25(21)28/h3-13,15H,14,16H2,1-2H3,(H,26,29). The maximum Gasteiger partial charge on any atom is 0.240 e. The third-order valence-electron chi connectivity index (χ3n) is 5.30. The van der Waals surface area contributed by atoms with Gasteiger partial charge in [-0.25, -0.2) is 13.4 Å². The van der Waals surface area contributed by atoms with E-state index in [-0.39, 0.29) is 28.4 Å². The summed E-state index contributed by atoms with van der Waals surface area (Å²) in [4.78, 5) is 29.8. The van der Waals surface area contributed by atoms with Gasteiger partial charge in [-0.2, -0.15) is 0 Å². The molecule has 2 aromatic heterocycles. The average molecular weight is 462 g/mol.